The van der Waals surface area contributed by atoms with Crippen molar-refractivity contribution in [3.63, 3.8) is 0 Å². The van der Waals surface area contributed by atoms with Crippen LogP contribution in [-0.4, -0.2) is 95.9 Å². The summed E-state index contributed by atoms with van der Waals surface area (Å²) in [6.07, 6.45) is 59.1. The molecule has 16 nitrogen and oxygen atoms in total. The lowest BCUT2D eigenvalue weighted by atomic mass is 10.1. The van der Waals surface area contributed by atoms with Gasteiger partial charge in [-0.1, -0.05) is 195 Å². The van der Waals surface area contributed by atoms with E-state index in [1.807, 2.05) is 0 Å². The minimum Gasteiger partial charge on any atom is -0.463 e. The maximum Gasteiger partial charge on any atom is 0.472 e. The fourth-order valence-electron chi connectivity index (χ4n) is 7.55. The third-order valence-corrected chi connectivity index (χ3v) is 14.1. The number of carbonyl (C=O) groups excluding carboxylic acids is 3. The van der Waals surface area contributed by atoms with Crippen molar-refractivity contribution in [2.24, 2.45) is 0 Å². The van der Waals surface area contributed by atoms with Gasteiger partial charge in [0.15, 0.2) is 6.10 Å². The van der Waals surface area contributed by atoms with Crippen LogP contribution in [0.3, 0.4) is 0 Å². The van der Waals surface area contributed by atoms with E-state index in [4.69, 9.17) is 32.3 Å². The van der Waals surface area contributed by atoms with E-state index >= 15 is 0 Å². The monoisotopic (exact) mass is 1180 g/mol. The first-order valence-electron chi connectivity index (χ1n) is 30.5. The lowest BCUT2D eigenvalue weighted by molar-refractivity contribution is -0.161. The summed E-state index contributed by atoms with van der Waals surface area (Å²) in [6.45, 7) is 2.36. The number of carbonyl (C=O) groups is 3. The fourth-order valence-corrected chi connectivity index (χ4v) is 9.14. The molecule has 0 radical (unpaired) electrons. The zero-order valence-electron chi connectivity index (χ0n) is 49.9. The molecule has 0 saturated heterocycles. The predicted molar refractivity (Wildman–Crippen MR) is 325 cm³/mol. The van der Waals surface area contributed by atoms with Gasteiger partial charge in [-0.3, -0.25) is 32.5 Å². The largest absolute Gasteiger partial charge is 0.472 e. The van der Waals surface area contributed by atoms with Crippen LogP contribution in [0.25, 0.3) is 0 Å². The standard InChI is InChI=1S/C63H108O16P2/c1-4-7-10-13-16-19-22-24-25-26-27-28-29-30-31-33-36-37-40-43-46-49-61(66)73-52-58(64)53-75-80(69,70)76-54-59(65)55-77-81(71,72)78-57-60(79-63(68)51-48-45-42-39-34-21-18-15-12-9-6-3)56-74-62(67)50-47-44-41-38-35-32-23-20-17-14-11-8-5-2/h7,10-11,14-16,18-20,23-25,27-28,30-31,58-60,64-65H,4-6,8-9,12-13,17,21-22,26,29,32-57H2,1-3H3,(H,69,70)(H,71,72)/b10-7-,14-11-,18-15-,19-16-,23-20-,25-24-,28-27-,31-30-. The zero-order chi connectivity index (χ0) is 59.6. The highest BCUT2D eigenvalue weighted by Gasteiger charge is 2.29. The van der Waals surface area contributed by atoms with Crippen molar-refractivity contribution < 1.29 is 75.8 Å². The van der Waals surface area contributed by atoms with E-state index < -0.39 is 91.5 Å². The van der Waals surface area contributed by atoms with Crippen LogP contribution in [-0.2, 0) is 55.8 Å². The Bertz CT molecular complexity index is 1870. The molecule has 0 heterocycles. The van der Waals surface area contributed by atoms with Crippen molar-refractivity contribution in [3.8, 4) is 0 Å². The van der Waals surface area contributed by atoms with Crippen LogP contribution < -0.4 is 0 Å². The van der Waals surface area contributed by atoms with Crippen molar-refractivity contribution in [2.45, 2.75) is 245 Å². The molecule has 0 aromatic carbocycles. The number of aliphatic hydroxyl groups is 2. The normalized spacial score (nSPS) is 15.1. The van der Waals surface area contributed by atoms with Crippen LogP contribution in [0.4, 0.5) is 0 Å². The second kappa shape index (κ2) is 56.9. The number of allylic oxidation sites excluding steroid dienone is 16. The molecule has 0 fully saturated rings. The number of aliphatic hydroxyl groups excluding tert-OH is 2. The lowest BCUT2D eigenvalue weighted by Crippen LogP contribution is -2.30. The van der Waals surface area contributed by atoms with E-state index in [2.05, 4.69) is 118 Å². The molecule has 0 aliphatic carbocycles. The molecule has 5 atom stereocenters. The quantitative estimate of drug-likeness (QED) is 0.0146. The number of unbranched alkanes of at least 4 members (excludes halogenated alkanes) is 18. The lowest BCUT2D eigenvalue weighted by Gasteiger charge is -2.21. The molecule has 0 aromatic rings. The topological polar surface area (TPSA) is 231 Å². The number of hydrogen-bond acceptors (Lipinski definition) is 14. The van der Waals surface area contributed by atoms with Gasteiger partial charge in [0.25, 0.3) is 0 Å². The second-order valence-electron chi connectivity index (χ2n) is 20.1. The minimum absolute atomic E-state index is 0.0898. The Morgan fingerprint density at radius 2 is 0.679 bits per heavy atom. The first-order chi connectivity index (χ1) is 39.2. The van der Waals surface area contributed by atoms with Crippen molar-refractivity contribution in [1.29, 1.82) is 0 Å². The predicted octanol–water partition coefficient (Wildman–Crippen LogP) is 16.0. The van der Waals surface area contributed by atoms with Gasteiger partial charge in [0.2, 0.25) is 0 Å². The molecule has 0 aliphatic rings. The summed E-state index contributed by atoms with van der Waals surface area (Å²) in [5.41, 5.74) is 0. The van der Waals surface area contributed by atoms with Gasteiger partial charge in [-0.2, -0.15) is 0 Å². The summed E-state index contributed by atoms with van der Waals surface area (Å²) in [6, 6.07) is 0. The van der Waals surface area contributed by atoms with Crippen LogP contribution in [0.2, 0.25) is 0 Å². The van der Waals surface area contributed by atoms with E-state index in [-0.39, 0.29) is 19.3 Å². The number of esters is 3. The molecule has 466 valence electrons. The first kappa shape index (κ1) is 77.5. The molecule has 0 aliphatic heterocycles. The van der Waals surface area contributed by atoms with Gasteiger partial charge in [0.05, 0.1) is 26.4 Å². The molecule has 0 bridgehead atoms. The third-order valence-electron chi connectivity index (χ3n) is 12.2. The minimum atomic E-state index is -4.92. The summed E-state index contributed by atoms with van der Waals surface area (Å²) in [5.74, 6) is -1.63. The van der Waals surface area contributed by atoms with Crippen LogP contribution in [0, 0.1) is 0 Å². The molecule has 18 heteroatoms. The van der Waals surface area contributed by atoms with Gasteiger partial charge in [-0.25, -0.2) is 9.13 Å². The maximum atomic E-state index is 12.8. The Balaban J connectivity index is 4.60. The number of ether oxygens (including phenoxy) is 3. The molecular weight excluding hydrogens is 1070 g/mol. The summed E-state index contributed by atoms with van der Waals surface area (Å²) >= 11 is 0. The molecule has 0 aromatic heterocycles. The smallest absolute Gasteiger partial charge is 0.463 e. The van der Waals surface area contributed by atoms with Crippen LogP contribution >= 0.6 is 15.6 Å². The van der Waals surface area contributed by atoms with Crippen molar-refractivity contribution in [2.75, 3.05) is 39.6 Å². The molecule has 4 N–H and O–H groups in total. The van der Waals surface area contributed by atoms with Gasteiger partial charge in [-0.15, -0.1) is 0 Å². The Kier molecular flexibility index (Phi) is 54.4. The van der Waals surface area contributed by atoms with Gasteiger partial charge < -0.3 is 34.2 Å². The summed E-state index contributed by atoms with van der Waals surface area (Å²) < 4.78 is 60.5. The Morgan fingerprint density at radius 1 is 0.358 bits per heavy atom. The van der Waals surface area contributed by atoms with Gasteiger partial charge in [0.1, 0.15) is 25.4 Å². The van der Waals surface area contributed by atoms with Gasteiger partial charge in [0, 0.05) is 19.3 Å². The highest BCUT2D eigenvalue weighted by molar-refractivity contribution is 7.47. The van der Waals surface area contributed by atoms with Crippen molar-refractivity contribution in [3.05, 3.63) is 97.2 Å². The number of rotatable bonds is 57. The van der Waals surface area contributed by atoms with E-state index in [0.29, 0.717) is 19.3 Å². The van der Waals surface area contributed by atoms with E-state index in [0.717, 1.165) is 154 Å². The summed E-state index contributed by atoms with van der Waals surface area (Å²) in [7, 11) is -9.77. The molecule has 0 saturated carbocycles. The second-order valence-corrected chi connectivity index (χ2v) is 23.0. The third kappa shape index (κ3) is 58.1. The highest BCUT2D eigenvalue weighted by Crippen LogP contribution is 2.45. The number of hydrogen-bond donors (Lipinski definition) is 4. The molecule has 5 unspecified atom stereocenters. The average molecular weight is 1180 g/mol. The number of phosphoric ester groups is 2. The highest BCUT2D eigenvalue weighted by atomic mass is 31.2. The summed E-state index contributed by atoms with van der Waals surface area (Å²) in [4.78, 5) is 58.0. The molecule has 0 rings (SSSR count). The fraction of sp³-hybridized carbons (Fsp3) is 0.698. The molecular formula is C63H108O16P2. The van der Waals surface area contributed by atoms with Crippen LogP contribution in [0.5, 0.6) is 0 Å². The Labute approximate surface area is 488 Å². The van der Waals surface area contributed by atoms with Crippen molar-refractivity contribution >= 4 is 33.6 Å². The van der Waals surface area contributed by atoms with Crippen LogP contribution in [0.15, 0.2) is 97.2 Å². The van der Waals surface area contributed by atoms with Gasteiger partial charge >= 0.3 is 33.6 Å². The Hall–Kier alpha value is -3.53. The number of phosphoric acid groups is 2. The SMILES string of the molecule is CC/C=C\C/C=C\C/C=C\C/C=C\C/C=C\CCCCCCCC(=O)OCC(O)COP(=O)(O)OCC(O)COP(=O)(O)OCC(COC(=O)CCCCCCC/C=C\C/C=C\CCC)OC(=O)CCCCCCC/C=C\CCCC. The Morgan fingerprint density at radius 3 is 1.10 bits per heavy atom. The summed E-state index contributed by atoms with van der Waals surface area (Å²) in [5, 5.41) is 20.5. The molecule has 0 spiro atoms. The van der Waals surface area contributed by atoms with E-state index in [1.165, 1.54) is 12.8 Å². The molecule has 81 heavy (non-hydrogen) atoms. The van der Waals surface area contributed by atoms with E-state index in [1.54, 1.807) is 0 Å². The van der Waals surface area contributed by atoms with Crippen LogP contribution in [0.1, 0.15) is 226 Å². The first-order valence-corrected chi connectivity index (χ1v) is 33.5. The maximum absolute atomic E-state index is 12.8. The van der Waals surface area contributed by atoms with Gasteiger partial charge in [-0.05, 0) is 109 Å². The van der Waals surface area contributed by atoms with E-state index in [9.17, 15) is 43.5 Å². The van der Waals surface area contributed by atoms with Crippen molar-refractivity contribution in [1.82, 2.24) is 0 Å². The zero-order valence-corrected chi connectivity index (χ0v) is 51.7. The average Bonchev–Trinajstić information content (AvgIpc) is 3.45. The molecule has 0 amide bonds.